The van der Waals surface area contributed by atoms with Gasteiger partial charge in [-0.1, -0.05) is 0 Å². The topological polar surface area (TPSA) is 71.8 Å². The molecule has 4 nitrogen and oxygen atoms in total. The number of aromatic amines is 1. The molecule has 0 aliphatic carbocycles. The summed E-state index contributed by atoms with van der Waals surface area (Å²) in [6.07, 6.45) is 1.48. The molecule has 0 radical (unpaired) electrons. The number of nitrogens with zero attached hydrogens (tertiary/aromatic N) is 1. The third-order valence-corrected chi connectivity index (χ3v) is 0.958. The van der Waals surface area contributed by atoms with Crippen LogP contribution in [-0.2, 0) is 0 Å². The van der Waals surface area contributed by atoms with Crippen LogP contribution >= 0.6 is 0 Å². The number of nitrogens with one attached hydrogen (secondary N) is 1. The van der Waals surface area contributed by atoms with E-state index in [1.54, 1.807) is 6.92 Å². The van der Waals surface area contributed by atoms with Crippen molar-refractivity contribution >= 4 is 5.91 Å². The summed E-state index contributed by atoms with van der Waals surface area (Å²) in [6, 6.07) is 0. The van der Waals surface area contributed by atoms with E-state index in [0.29, 0.717) is 5.82 Å². The standard InChI is InChI=1S/C5H7N3O/c1-3-7-2-4(8-3)5(6)9/h2H,1H3,(H2,6,9)(H,7,8). The van der Waals surface area contributed by atoms with Gasteiger partial charge in [0.2, 0.25) is 0 Å². The molecule has 3 N–H and O–H groups in total. The number of H-pyrrole nitrogens is 1. The Bertz CT molecular complexity index is 228. The molecule has 9 heavy (non-hydrogen) atoms. The first-order valence-electron chi connectivity index (χ1n) is 2.52. The lowest BCUT2D eigenvalue weighted by atomic mass is 10.5. The molecule has 0 fully saturated rings. The lowest BCUT2D eigenvalue weighted by Crippen LogP contribution is -2.10. The Kier molecular flexibility index (Phi) is 1.22. The Balaban J connectivity index is 2.98. The van der Waals surface area contributed by atoms with Crippen LogP contribution in [0, 0.1) is 6.92 Å². The highest BCUT2D eigenvalue weighted by Crippen LogP contribution is 1.92. The first kappa shape index (κ1) is 5.81. The van der Waals surface area contributed by atoms with E-state index in [1.807, 2.05) is 0 Å². The zero-order valence-electron chi connectivity index (χ0n) is 5.01. The minimum atomic E-state index is -0.501. The predicted molar refractivity (Wildman–Crippen MR) is 31.8 cm³/mol. The Hall–Kier alpha value is -1.32. The minimum absolute atomic E-state index is 0.285. The summed E-state index contributed by atoms with van der Waals surface area (Å²) in [6.45, 7) is 1.76. The van der Waals surface area contributed by atoms with Crippen molar-refractivity contribution in [1.29, 1.82) is 0 Å². The van der Waals surface area contributed by atoms with Crippen molar-refractivity contribution in [1.82, 2.24) is 9.97 Å². The first-order valence-corrected chi connectivity index (χ1v) is 2.52. The van der Waals surface area contributed by atoms with Gasteiger partial charge in [-0.3, -0.25) is 4.79 Å². The fraction of sp³-hybridized carbons (Fsp3) is 0.200. The second kappa shape index (κ2) is 1.89. The Morgan fingerprint density at radius 1 is 1.89 bits per heavy atom. The summed E-state index contributed by atoms with van der Waals surface area (Å²) in [5, 5.41) is 0. The van der Waals surface area contributed by atoms with E-state index in [9.17, 15) is 4.79 Å². The van der Waals surface area contributed by atoms with Gasteiger partial charge in [0, 0.05) is 6.20 Å². The van der Waals surface area contributed by atoms with Crippen molar-refractivity contribution in [3.63, 3.8) is 0 Å². The molecule has 0 aromatic carbocycles. The van der Waals surface area contributed by atoms with Crippen molar-refractivity contribution in [3.05, 3.63) is 17.7 Å². The van der Waals surface area contributed by atoms with Gasteiger partial charge < -0.3 is 10.7 Å². The molecule has 0 unspecified atom stereocenters. The number of aryl methyl sites for hydroxylation is 1. The Labute approximate surface area is 52.1 Å². The number of carbonyl (C=O) groups excluding carboxylic acids is 1. The van der Waals surface area contributed by atoms with Gasteiger partial charge in [0.1, 0.15) is 11.5 Å². The molecular formula is C5H7N3O. The van der Waals surface area contributed by atoms with Gasteiger partial charge in [0.05, 0.1) is 0 Å². The summed E-state index contributed by atoms with van der Waals surface area (Å²) in [5.74, 6) is 0.197. The maximum absolute atomic E-state index is 10.4. The number of amides is 1. The van der Waals surface area contributed by atoms with Crippen LogP contribution in [0.4, 0.5) is 0 Å². The highest BCUT2D eigenvalue weighted by atomic mass is 16.1. The van der Waals surface area contributed by atoms with Crippen molar-refractivity contribution < 1.29 is 4.79 Å². The summed E-state index contributed by atoms with van der Waals surface area (Å²) in [4.78, 5) is 16.9. The molecule has 1 heterocycles. The molecule has 0 bridgehead atoms. The summed E-state index contributed by atoms with van der Waals surface area (Å²) in [7, 11) is 0. The fourth-order valence-corrected chi connectivity index (χ4v) is 0.544. The van der Waals surface area contributed by atoms with Crippen LogP contribution < -0.4 is 5.73 Å². The van der Waals surface area contributed by atoms with Gasteiger partial charge in [0.25, 0.3) is 5.91 Å². The number of imidazole rings is 1. The smallest absolute Gasteiger partial charge is 0.268 e. The highest BCUT2D eigenvalue weighted by molar-refractivity contribution is 5.90. The lowest BCUT2D eigenvalue weighted by Gasteiger charge is -1.80. The van der Waals surface area contributed by atoms with Crippen LogP contribution in [0.25, 0.3) is 0 Å². The number of rotatable bonds is 1. The highest BCUT2D eigenvalue weighted by Gasteiger charge is 2.01. The largest absolute Gasteiger partial charge is 0.364 e. The van der Waals surface area contributed by atoms with Gasteiger partial charge in [-0.05, 0) is 6.92 Å². The zero-order valence-corrected chi connectivity index (χ0v) is 5.01. The zero-order chi connectivity index (χ0) is 6.85. The number of aromatic nitrogens is 2. The quantitative estimate of drug-likeness (QED) is 0.546. The molecule has 1 aromatic heterocycles. The molecule has 0 aliphatic rings. The second-order valence-corrected chi connectivity index (χ2v) is 1.74. The van der Waals surface area contributed by atoms with Crippen molar-refractivity contribution in [2.45, 2.75) is 6.92 Å². The predicted octanol–water partition coefficient (Wildman–Crippen LogP) is -0.183. The van der Waals surface area contributed by atoms with E-state index < -0.39 is 5.91 Å². The van der Waals surface area contributed by atoms with Crippen LogP contribution in [0.3, 0.4) is 0 Å². The summed E-state index contributed by atoms with van der Waals surface area (Å²) in [5.41, 5.74) is 5.19. The number of primary amides is 1. The van der Waals surface area contributed by atoms with Gasteiger partial charge >= 0.3 is 0 Å². The molecule has 1 rings (SSSR count). The number of carbonyl (C=O) groups is 1. The van der Waals surface area contributed by atoms with E-state index >= 15 is 0 Å². The van der Waals surface area contributed by atoms with Crippen LogP contribution in [0.15, 0.2) is 6.20 Å². The summed E-state index contributed by atoms with van der Waals surface area (Å²) < 4.78 is 0. The SMILES string of the molecule is Cc1nc(C(N)=O)c[nH]1. The van der Waals surface area contributed by atoms with Gasteiger partial charge in [0.15, 0.2) is 0 Å². The van der Waals surface area contributed by atoms with E-state index in [-0.39, 0.29) is 5.69 Å². The van der Waals surface area contributed by atoms with Crippen LogP contribution in [0.2, 0.25) is 0 Å². The van der Waals surface area contributed by atoms with Crippen LogP contribution in [0.5, 0.6) is 0 Å². The molecule has 0 saturated carbocycles. The molecule has 0 saturated heterocycles. The normalized spacial score (nSPS) is 9.44. The maximum atomic E-state index is 10.4. The van der Waals surface area contributed by atoms with Gasteiger partial charge in [-0.25, -0.2) is 4.98 Å². The third kappa shape index (κ3) is 1.07. The Morgan fingerprint density at radius 3 is 2.78 bits per heavy atom. The fourth-order valence-electron chi connectivity index (χ4n) is 0.544. The van der Waals surface area contributed by atoms with Crippen LogP contribution in [-0.4, -0.2) is 15.9 Å². The summed E-state index contributed by atoms with van der Waals surface area (Å²) >= 11 is 0. The molecule has 48 valence electrons. The number of hydrogen-bond acceptors (Lipinski definition) is 2. The molecular weight excluding hydrogens is 118 g/mol. The van der Waals surface area contributed by atoms with Gasteiger partial charge in [-0.15, -0.1) is 0 Å². The average molecular weight is 125 g/mol. The number of hydrogen-bond donors (Lipinski definition) is 2. The number of nitrogens with two attached hydrogens (primary N) is 1. The molecule has 0 aliphatic heterocycles. The monoisotopic (exact) mass is 125 g/mol. The van der Waals surface area contributed by atoms with Gasteiger partial charge in [-0.2, -0.15) is 0 Å². The first-order chi connectivity index (χ1) is 4.20. The molecule has 4 heteroatoms. The van der Waals surface area contributed by atoms with Crippen molar-refractivity contribution in [2.24, 2.45) is 5.73 Å². The molecule has 1 amide bonds. The van der Waals surface area contributed by atoms with E-state index in [2.05, 4.69) is 9.97 Å². The Morgan fingerprint density at radius 2 is 2.56 bits per heavy atom. The third-order valence-electron chi connectivity index (χ3n) is 0.958. The second-order valence-electron chi connectivity index (χ2n) is 1.74. The van der Waals surface area contributed by atoms with Crippen molar-refractivity contribution in [2.75, 3.05) is 0 Å². The van der Waals surface area contributed by atoms with E-state index in [0.717, 1.165) is 0 Å². The van der Waals surface area contributed by atoms with E-state index in [4.69, 9.17) is 5.73 Å². The van der Waals surface area contributed by atoms with Crippen LogP contribution in [0.1, 0.15) is 16.3 Å². The minimum Gasteiger partial charge on any atom is -0.364 e. The van der Waals surface area contributed by atoms with Crippen molar-refractivity contribution in [3.8, 4) is 0 Å². The average Bonchev–Trinajstić information content (AvgIpc) is 2.14. The molecule has 0 atom stereocenters. The molecule has 1 aromatic rings. The molecule has 0 spiro atoms. The maximum Gasteiger partial charge on any atom is 0.268 e. The lowest BCUT2D eigenvalue weighted by molar-refractivity contribution is 0.0996. The van der Waals surface area contributed by atoms with E-state index in [1.165, 1.54) is 6.20 Å².